The van der Waals surface area contributed by atoms with Crippen LogP contribution in [0.25, 0.3) is 0 Å². The first-order valence-electron chi connectivity index (χ1n) is 5.50. The van der Waals surface area contributed by atoms with E-state index in [0.29, 0.717) is 4.90 Å². The van der Waals surface area contributed by atoms with Crippen molar-refractivity contribution in [1.29, 1.82) is 0 Å². The van der Waals surface area contributed by atoms with E-state index in [2.05, 4.69) is 0 Å². The maximum Gasteiger partial charge on any atom is 0.176 e. The van der Waals surface area contributed by atoms with Gasteiger partial charge in [-0.05, 0) is 37.1 Å². The highest BCUT2D eigenvalue weighted by atomic mass is 32.2. The van der Waals surface area contributed by atoms with Crippen LogP contribution in [0.3, 0.4) is 0 Å². The molecule has 0 atom stereocenters. The number of hydrogen-bond donors (Lipinski definition) is 1. The summed E-state index contributed by atoms with van der Waals surface area (Å²) in [6.07, 6.45) is 5.99. The van der Waals surface area contributed by atoms with E-state index in [0.717, 1.165) is 29.7 Å². The molecule has 1 aliphatic carbocycles. The van der Waals surface area contributed by atoms with Crippen LogP contribution in [0.4, 0.5) is 0 Å². The van der Waals surface area contributed by atoms with Gasteiger partial charge in [0, 0.05) is 16.7 Å². The van der Waals surface area contributed by atoms with Gasteiger partial charge in [-0.15, -0.1) is 11.8 Å². The van der Waals surface area contributed by atoms with Gasteiger partial charge in [0.05, 0.1) is 4.90 Å². The largest absolute Gasteiger partial charge is 0.325 e. The molecule has 1 aromatic rings. The van der Waals surface area contributed by atoms with Crippen molar-refractivity contribution in [3.05, 3.63) is 23.8 Å². The minimum atomic E-state index is -3.16. The Bertz CT molecular complexity index is 533. The molecule has 1 aliphatic rings. The highest BCUT2D eigenvalue weighted by molar-refractivity contribution is 7.99. The smallest absolute Gasteiger partial charge is 0.176 e. The van der Waals surface area contributed by atoms with E-state index in [1.54, 1.807) is 12.1 Å². The first-order valence-corrected chi connectivity index (χ1v) is 8.62. The zero-order valence-electron chi connectivity index (χ0n) is 10.1. The lowest BCUT2D eigenvalue weighted by atomic mass is 10.1. The Morgan fingerprint density at radius 2 is 2.06 bits per heavy atom. The molecular formula is C12H17NO2S2. The fourth-order valence-corrected chi connectivity index (χ4v) is 4.11. The van der Waals surface area contributed by atoms with Crippen LogP contribution in [-0.2, 0) is 16.3 Å². The molecule has 2 N–H and O–H groups in total. The van der Waals surface area contributed by atoms with Gasteiger partial charge in [0.2, 0.25) is 0 Å². The molecule has 0 amide bonds. The molecule has 1 saturated carbocycles. The summed E-state index contributed by atoms with van der Waals surface area (Å²) >= 11 is 1.48. The van der Waals surface area contributed by atoms with Gasteiger partial charge in [-0.2, -0.15) is 0 Å². The molecule has 0 saturated heterocycles. The maximum absolute atomic E-state index is 11.7. The highest BCUT2D eigenvalue weighted by Crippen LogP contribution is 2.39. The van der Waals surface area contributed by atoms with Crippen LogP contribution in [0.5, 0.6) is 0 Å². The summed E-state index contributed by atoms with van der Waals surface area (Å²) < 4.78 is 23.4. The molecule has 0 aliphatic heterocycles. The second-order valence-corrected chi connectivity index (χ2v) is 7.56. The molecular weight excluding hydrogens is 254 g/mol. The van der Waals surface area contributed by atoms with E-state index in [1.165, 1.54) is 18.0 Å². The van der Waals surface area contributed by atoms with Crippen molar-refractivity contribution in [2.45, 2.75) is 34.6 Å². The van der Waals surface area contributed by atoms with Crippen molar-refractivity contribution in [2.24, 2.45) is 5.73 Å². The Kier molecular flexibility index (Phi) is 3.27. The van der Waals surface area contributed by atoms with Crippen LogP contribution in [0.1, 0.15) is 18.4 Å². The second kappa shape index (κ2) is 4.30. The zero-order chi connectivity index (χ0) is 12.7. The Labute approximate surface area is 107 Å². The van der Waals surface area contributed by atoms with Crippen molar-refractivity contribution >= 4 is 21.6 Å². The third-order valence-electron chi connectivity index (χ3n) is 3.10. The summed E-state index contributed by atoms with van der Waals surface area (Å²) in [5, 5.41) is 0. The fraction of sp³-hybridized carbons (Fsp3) is 0.500. The summed E-state index contributed by atoms with van der Waals surface area (Å²) in [4.78, 5) is 1.28. The summed E-state index contributed by atoms with van der Waals surface area (Å²) in [7, 11) is -3.16. The van der Waals surface area contributed by atoms with Crippen molar-refractivity contribution in [2.75, 3.05) is 12.5 Å². The SMILES string of the molecule is CSc1c(CC2(N)CC2)cccc1S(C)(=O)=O. The minimum Gasteiger partial charge on any atom is -0.325 e. The fourth-order valence-electron chi connectivity index (χ4n) is 1.94. The number of sulfone groups is 1. The molecule has 0 radical (unpaired) electrons. The average molecular weight is 271 g/mol. The van der Waals surface area contributed by atoms with E-state index in [9.17, 15) is 8.42 Å². The second-order valence-electron chi connectivity index (χ2n) is 4.76. The van der Waals surface area contributed by atoms with Crippen LogP contribution in [0.2, 0.25) is 0 Å². The van der Waals surface area contributed by atoms with Crippen LogP contribution < -0.4 is 5.73 Å². The van der Waals surface area contributed by atoms with Crippen molar-refractivity contribution in [3.8, 4) is 0 Å². The number of rotatable bonds is 4. The topological polar surface area (TPSA) is 60.2 Å². The molecule has 0 bridgehead atoms. The van der Waals surface area contributed by atoms with Crippen LogP contribution in [-0.4, -0.2) is 26.5 Å². The van der Waals surface area contributed by atoms with Crippen LogP contribution >= 0.6 is 11.8 Å². The minimum absolute atomic E-state index is 0.0966. The van der Waals surface area contributed by atoms with E-state index >= 15 is 0 Å². The first-order chi connectivity index (χ1) is 7.86. The predicted molar refractivity (Wildman–Crippen MR) is 71.2 cm³/mol. The van der Waals surface area contributed by atoms with E-state index in [1.807, 2.05) is 12.3 Å². The Hall–Kier alpha value is -0.520. The summed E-state index contributed by atoms with van der Waals surface area (Å²) in [5.74, 6) is 0. The summed E-state index contributed by atoms with van der Waals surface area (Å²) in [5.41, 5.74) is 7.06. The van der Waals surface area contributed by atoms with Crippen molar-refractivity contribution < 1.29 is 8.42 Å². The molecule has 0 aromatic heterocycles. The van der Waals surface area contributed by atoms with Crippen LogP contribution in [0, 0.1) is 0 Å². The Balaban J connectivity index is 2.46. The summed E-state index contributed by atoms with van der Waals surface area (Å²) in [6.45, 7) is 0. The molecule has 17 heavy (non-hydrogen) atoms. The first kappa shape index (κ1) is 12.9. The van der Waals surface area contributed by atoms with Gasteiger partial charge in [0.25, 0.3) is 0 Å². The lowest BCUT2D eigenvalue weighted by Crippen LogP contribution is -2.25. The number of hydrogen-bond acceptors (Lipinski definition) is 4. The normalized spacial score (nSPS) is 18.1. The third kappa shape index (κ3) is 2.84. The predicted octanol–water partition coefficient (Wildman–Crippen LogP) is 1.85. The third-order valence-corrected chi connectivity index (χ3v) is 5.26. The quantitative estimate of drug-likeness (QED) is 0.849. The molecule has 3 nitrogen and oxygen atoms in total. The number of benzene rings is 1. The van der Waals surface area contributed by atoms with Gasteiger partial charge >= 0.3 is 0 Å². The molecule has 94 valence electrons. The Morgan fingerprint density at radius 1 is 1.41 bits per heavy atom. The molecule has 1 fully saturated rings. The van der Waals surface area contributed by atoms with Gasteiger partial charge in [0.1, 0.15) is 0 Å². The van der Waals surface area contributed by atoms with E-state index in [4.69, 9.17) is 5.73 Å². The monoisotopic (exact) mass is 271 g/mol. The molecule has 0 unspecified atom stereocenters. The van der Waals surface area contributed by atoms with Gasteiger partial charge in [-0.1, -0.05) is 12.1 Å². The number of nitrogens with two attached hydrogens (primary N) is 1. The summed E-state index contributed by atoms with van der Waals surface area (Å²) in [6, 6.07) is 5.45. The van der Waals surface area contributed by atoms with Crippen molar-refractivity contribution in [1.82, 2.24) is 0 Å². The molecule has 0 heterocycles. The van der Waals surface area contributed by atoms with Gasteiger partial charge in [-0.3, -0.25) is 0 Å². The standard InChI is InChI=1S/C12H17NO2S2/c1-16-11-9(8-12(13)6-7-12)4-3-5-10(11)17(2,14)15/h3-5H,6-8,13H2,1-2H3. The molecule has 1 aromatic carbocycles. The lowest BCUT2D eigenvalue weighted by Gasteiger charge is -2.14. The number of thioether (sulfide) groups is 1. The van der Waals surface area contributed by atoms with Gasteiger partial charge in [-0.25, -0.2) is 8.42 Å². The van der Waals surface area contributed by atoms with Crippen LogP contribution in [0.15, 0.2) is 28.0 Å². The maximum atomic E-state index is 11.7. The lowest BCUT2D eigenvalue weighted by molar-refractivity contribution is 0.598. The molecule has 0 spiro atoms. The average Bonchev–Trinajstić information content (AvgIpc) is 2.94. The van der Waals surface area contributed by atoms with Crippen molar-refractivity contribution in [3.63, 3.8) is 0 Å². The Morgan fingerprint density at radius 3 is 2.53 bits per heavy atom. The van der Waals surface area contributed by atoms with Gasteiger partial charge in [0.15, 0.2) is 9.84 Å². The molecule has 2 rings (SSSR count). The van der Waals surface area contributed by atoms with Gasteiger partial charge < -0.3 is 5.73 Å². The van der Waals surface area contributed by atoms with E-state index in [-0.39, 0.29) is 5.54 Å². The van der Waals surface area contributed by atoms with E-state index < -0.39 is 9.84 Å². The molecule has 5 heteroatoms. The highest BCUT2D eigenvalue weighted by Gasteiger charge is 2.38. The zero-order valence-corrected chi connectivity index (χ0v) is 11.7.